The molecule has 0 radical (unpaired) electrons. The molecule has 5 rings (SSSR count). The van der Waals surface area contributed by atoms with Gasteiger partial charge in [-0.1, -0.05) is 13.8 Å². The maximum absolute atomic E-state index is 13.9. The van der Waals surface area contributed by atoms with Crippen LogP contribution in [0.5, 0.6) is 0 Å². The van der Waals surface area contributed by atoms with E-state index in [0.29, 0.717) is 17.8 Å². The summed E-state index contributed by atoms with van der Waals surface area (Å²) in [5, 5.41) is 5.48. The van der Waals surface area contributed by atoms with Crippen LogP contribution in [0, 0.1) is 40.7 Å². The smallest absolute Gasteiger partial charge is 0.247 e. The second-order valence-electron chi connectivity index (χ2n) is 9.51. The molecule has 152 valence electrons. The van der Waals surface area contributed by atoms with Gasteiger partial charge in [0.2, 0.25) is 11.8 Å². The molecule has 2 N–H and O–H groups in total. The van der Waals surface area contributed by atoms with Crippen LogP contribution in [-0.4, -0.2) is 17.9 Å². The molecular formula is C22H28F2N2O2. The molecule has 6 heteroatoms. The molecule has 28 heavy (non-hydrogen) atoms. The summed E-state index contributed by atoms with van der Waals surface area (Å²) in [6.07, 6.45) is 6.48. The van der Waals surface area contributed by atoms with Crippen molar-refractivity contribution in [1.82, 2.24) is 5.32 Å². The Morgan fingerprint density at radius 1 is 1.04 bits per heavy atom. The van der Waals surface area contributed by atoms with E-state index >= 15 is 0 Å². The minimum absolute atomic E-state index is 0.0278. The number of anilines is 1. The number of carbonyl (C=O) groups excluding carboxylic acids is 2. The fraction of sp³-hybridized carbons (Fsp3) is 0.636. The number of nitrogens with one attached hydrogen (secondary N) is 2. The molecule has 1 aromatic rings. The topological polar surface area (TPSA) is 58.2 Å². The van der Waals surface area contributed by atoms with Crippen LogP contribution >= 0.6 is 0 Å². The van der Waals surface area contributed by atoms with Crippen LogP contribution < -0.4 is 10.6 Å². The lowest BCUT2D eigenvalue weighted by atomic mass is 9.49. The van der Waals surface area contributed by atoms with Crippen LogP contribution in [0.4, 0.5) is 14.5 Å². The van der Waals surface area contributed by atoms with Crippen LogP contribution in [0.15, 0.2) is 18.2 Å². The molecule has 0 spiro atoms. The maximum atomic E-state index is 13.9. The average Bonchev–Trinajstić information content (AvgIpc) is 2.60. The summed E-state index contributed by atoms with van der Waals surface area (Å²) >= 11 is 0. The Morgan fingerprint density at radius 3 is 2.11 bits per heavy atom. The number of carbonyl (C=O) groups is 2. The highest BCUT2D eigenvalue weighted by Gasteiger charge is 2.55. The molecule has 0 aliphatic heterocycles. The van der Waals surface area contributed by atoms with Gasteiger partial charge in [0.05, 0.1) is 5.69 Å². The number of halogens is 2. The quantitative estimate of drug-likeness (QED) is 0.789. The molecule has 0 unspecified atom stereocenters. The number of amides is 2. The molecule has 2 amide bonds. The Labute approximate surface area is 164 Å². The van der Waals surface area contributed by atoms with Crippen LogP contribution in [0.2, 0.25) is 0 Å². The van der Waals surface area contributed by atoms with Gasteiger partial charge < -0.3 is 10.6 Å². The first-order valence-electron chi connectivity index (χ1n) is 10.3. The lowest BCUT2D eigenvalue weighted by molar-refractivity contribution is -0.148. The lowest BCUT2D eigenvalue weighted by Crippen LogP contribution is -2.57. The molecular weight excluding hydrogens is 362 g/mol. The van der Waals surface area contributed by atoms with Crippen LogP contribution in [0.25, 0.3) is 0 Å². The monoisotopic (exact) mass is 390 g/mol. The number of hydrogen-bond acceptors (Lipinski definition) is 2. The summed E-state index contributed by atoms with van der Waals surface area (Å²) in [6.45, 7) is 3.70. The molecule has 4 nitrogen and oxygen atoms in total. The van der Waals surface area contributed by atoms with Crippen molar-refractivity contribution in [2.75, 3.05) is 5.32 Å². The minimum Gasteiger partial charge on any atom is -0.344 e. The zero-order valence-corrected chi connectivity index (χ0v) is 16.4. The Balaban J connectivity index is 1.47. The van der Waals surface area contributed by atoms with Crippen LogP contribution in [0.1, 0.15) is 52.4 Å². The van der Waals surface area contributed by atoms with Gasteiger partial charge in [-0.05, 0) is 74.3 Å². The van der Waals surface area contributed by atoms with Crippen molar-refractivity contribution in [3.05, 3.63) is 29.8 Å². The van der Waals surface area contributed by atoms with E-state index in [4.69, 9.17) is 0 Å². The Morgan fingerprint density at radius 2 is 1.61 bits per heavy atom. The summed E-state index contributed by atoms with van der Waals surface area (Å²) in [4.78, 5) is 26.0. The fourth-order valence-electron chi connectivity index (χ4n) is 6.02. The zero-order chi connectivity index (χ0) is 20.1. The van der Waals surface area contributed by atoms with Gasteiger partial charge in [-0.3, -0.25) is 9.59 Å². The zero-order valence-electron chi connectivity index (χ0n) is 16.4. The van der Waals surface area contributed by atoms with E-state index in [1.807, 2.05) is 13.8 Å². The summed E-state index contributed by atoms with van der Waals surface area (Å²) in [7, 11) is 0. The molecule has 4 bridgehead atoms. The Bertz CT molecular complexity index is 757. The largest absolute Gasteiger partial charge is 0.344 e. The highest BCUT2D eigenvalue weighted by atomic mass is 19.1. The van der Waals surface area contributed by atoms with E-state index < -0.39 is 23.6 Å². The van der Waals surface area contributed by atoms with E-state index in [-0.39, 0.29) is 22.9 Å². The van der Waals surface area contributed by atoms with Gasteiger partial charge in [-0.15, -0.1) is 0 Å². The van der Waals surface area contributed by atoms with E-state index in [2.05, 4.69) is 10.6 Å². The standard InChI is InChI=1S/C22H28F2N2O2/c1-12(2)19(20(27)25-18-4-3-16(23)8-17(18)24)26-21(28)22-9-13-5-14(10-22)7-15(6-13)11-22/h3-4,8,12-15,19H,5-7,9-11H2,1-2H3,(H,25,27)(H,26,28)/t13?,14?,15?,19-,22?/m1/s1. The Hall–Kier alpha value is -1.98. The first-order chi connectivity index (χ1) is 13.3. The van der Waals surface area contributed by atoms with Crippen molar-refractivity contribution in [3.63, 3.8) is 0 Å². The molecule has 0 saturated heterocycles. The fourth-order valence-corrected chi connectivity index (χ4v) is 6.02. The normalized spacial score (nSPS) is 31.7. The maximum Gasteiger partial charge on any atom is 0.247 e. The predicted octanol–water partition coefficient (Wildman–Crippen LogP) is 4.26. The SMILES string of the molecule is CC(C)[C@@H](NC(=O)C12CC3CC(CC(C3)C1)C2)C(=O)Nc1ccc(F)cc1F. The van der Waals surface area contributed by atoms with Crippen molar-refractivity contribution in [3.8, 4) is 0 Å². The molecule has 0 aromatic heterocycles. The summed E-state index contributed by atoms with van der Waals surface area (Å²) in [5.41, 5.74) is -0.426. The number of hydrogen-bond donors (Lipinski definition) is 2. The van der Waals surface area contributed by atoms with Gasteiger partial charge in [0.1, 0.15) is 17.7 Å². The summed E-state index contributed by atoms with van der Waals surface area (Å²) < 4.78 is 27.0. The van der Waals surface area contributed by atoms with E-state index in [1.54, 1.807) is 0 Å². The third-order valence-electron chi connectivity index (χ3n) is 6.94. The van der Waals surface area contributed by atoms with Crippen molar-refractivity contribution in [2.24, 2.45) is 29.1 Å². The summed E-state index contributed by atoms with van der Waals surface area (Å²) in [6, 6.07) is 2.26. The molecule has 4 aliphatic rings. The van der Waals surface area contributed by atoms with Crippen molar-refractivity contribution in [1.29, 1.82) is 0 Å². The van der Waals surface area contributed by atoms with Crippen LogP contribution in [0.3, 0.4) is 0 Å². The molecule has 1 aromatic carbocycles. The molecule has 4 saturated carbocycles. The minimum atomic E-state index is -0.830. The molecule has 0 heterocycles. The second-order valence-corrected chi connectivity index (χ2v) is 9.51. The molecule has 4 aliphatic carbocycles. The van der Waals surface area contributed by atoms with Crippen molar-refractivity contribution < 1.29 is 18.4 Å². The summed E-state index contributed by atoms with van der Waals surface area (Å²) in [5.74, 6) is -0.279. The average molecular weight is 390 g/mol. The van der Waals surface area contributed by atoms with Gasteiger partial charge in [0.15, 0.2) is 0 Å². The van der Waals surface area contributed by atoms with Gasteiger partial charge in [0, 0.05) is 11.5 Å². The van der Waals surface area contributed by atoms with Crippen molar-refractivity contribution >= 4 is 17.5 Å². The first-order valence-corrected chi connectivity index (χ1v) is 10.3. The number of benzene rings is 1. The van der Waals surface area contributed by atoms with Gasteiger partial charge in [-0.25, -0.2) is 8.78 Å². The second kappa shape index (κ2) is 7.12. The lowest BCUT2D eigenvalue weighted by Gasteiger charge is -2.55. The number of rotatable bonds is 5. The van der Waals surface area contributed by atoms with Gasteiger partial charge in [0.25, 0.3) is 0 Å². The van der Waals surface area contributed by atoms with E-state index in [1.165, 1.54) is 25.3 Å². The highest BCUT2D eigenvalue weighted by molar-refractivity contribution is 5.98. The third kappa shape index (κ3) is 3.53. The van der Waals surface area contributed by atoms with E-state index in [0.717, 1.165) is 31.4 Å². The van der Waals surface area contributed by atoms with Gasteiger partial charge >= 0.3 is 0 Å². The van der Waals surface area contributed by atoms with E-state index in [9.17, 15) is 18.4 Å². The highest BCUT2D eigenvalue weighted by Crippen LogP contribution is 2.60. The van der Waals surface area contributed by atoms with Crippen LogP contribution in [-0.2, 0) is 9.59 Å². The first kappa shape index (κ1) is 19.3. The molecule has 1 atom stereocenters. The van der Waals surface area contributed by atoms with Crippen molar-refractivity contribution in [2.45, 2.75) is 58.4 Å². The Kier molecular flexibility index (Phi) is 4.92. The predicted molar refractivity (Wildman–Crippen MR) is 102 cm³/mol. The molecule has 4 fully saturated rings. The van der Waals surface area contributed by atoms with Gasteiger partial charge in [-0.2, -0.15) is 0 Å². The third-order valence-corrected chi connectivity index (χ3v) is 6.94.